The first-order valence-electron chi connectivity index (χ1n) is 3.06. The number of aliphatic hydroxyl groups excluding tert-OH is 2. The molecule has 0 bridgehead atoms. The minimum absolute atomic E-state index is 0.190. The summed E-state index contributed by atoms with van der Waals surface area (Å²) in [4.78, 5) is 7.79. The van der Waals surface area contributed by atoms with Crippen molar-refractivity contribution in [3.05, 3.63) is 0 Å². The Bertz CT molecular complexity index is 182. The second kappa shape index (κ2) is 2.48. The van der Waals surface area contributed by atoms with Crippen molar-refractivity contribution in [3.8, 4) is 0 Å². The minimum Gasteiger partial charge on any atom is -0.393 e. The van der Waals surface area contributed by atoms with Crippen LogP contribution in [0.1, 0.15) is 6.92 Å². The molecule has 0 aromatic rings. The zero-order valence-electron chi connectivity index (χ0n) is 5.78. The third-order valence-corrected chi connectivity index (χ3v) is 1.42. The molecule has 4 nitrogen and oxygen atoms in total. The monoisotopic (exact) mass is 142 g/mol. The molecular weight excluding hydrogens is 132 g/mol. The van der Waals surface area contributed by atoms with Crippen molar-refractivity contribution in [2.24, 2.45) is 9.98 Å². The lowest BCUT2D eigenvalue weighted by Crippen LogP contribution is -2.35. The lowest BCUT2D eigenvalue weighted by Gasteiger charge is -2.15. The predicted molar refractivity (Wildman–Crippen MR) is 38.5 cm³/mol. The van der Waals surface area contributed by atoms with Crippen LogP contribution < -0.4 is 0 Å². The summed E-state index contributed by atoms with van der Waals surface area (Å²) in [5, 5.41) is 17.6. The van der Waals surface area contributed by atoms with E-state index in [-0.39, 0.29) is 13.2 Å². The molecule has 0 fully saturated rings. The fraction of sp³-hybridized carbons (Fsp3) is 0.667. The van der Waals surface area contributed by atoms with Crippen molar-refractivity contribution in [3.63, 3.8) is 0 Å². The molecule has 0 saturated carbocycles. The summed E-state index contributed by atoms with van der Waals surface area (Å²) in [7, 11) is 0. The van der Waals surface area contributed by atoms with Crippen LogP contribution in [0.3, 0.4) is 0 Å². The lowest BCUT2D eigenvalue weighted by atomic mass is 10.1. The van der Waals surface area contributed by atoms with Crippen LogP contribution in [0.15, 0.2) is 9.98 Å². The summed E-state index contributed by atoms with van der Waals surface area (Å²) in [6.07, 6.45) is 1.47. The standard InChI is InChI=1S/C6H10N2O2/c1-5-7-2-6(3-9,4-10)8-5/h2,9-10H,3-4H2,1H3. The molecule has 1 aliphatic heterocycles. The Kier molecular flexibility index (Phi) is 1.82. The van der Waals surface area contributed by atoms with Gasteiger partial charge in [0.1, 0.15) is 11.4 Å². The molecule has 0 aromatic carbocycles. The van der Waals surface area contributed by atoms with E-state index < -0.39 is 5.54 Å². The Balaban J connectivity index is 2.80. The van der Waals surface area contributed by atoms with Crippen LogP contribution in [0.4, 0.5) is 0 Å². The molecule has 0 atom stereocenters. The second-order valence-corrected chi connectivity index (χ2v) is 2.34. The third kappa shape index (κ3) is 1.08. The fourth-order valence-corrected chi connectivity index (χ4v) is 0.796. The molecule has 1 rings (SSSR count). The highest BCUT2D eigenvalue weighted by molar-refractivity contribution is 5.96. The Morgan fingerprint density at radius 2 is 2.10 bits per heavy atom. The van der Waals surface area contributed by atoms with Crippen LogP contribution in [-0.2, 0) is 0 Å². The smallest absolute Gasteiger partial charge is 0.144 e. The maximum Gasteiger partial charge on any atom is 0.144 e. The summed E-state index contributed by atoms with van der Waals surface area (Å²) in [6, 6.07) is 0. The van der Waals surface area contributed by atoms with E-state index in [1.165, 1.54) is 6.21 Å². The van der Waals surface area contributed by atoms with Gasteiger partial charge < -0.3 is 10.2 Å². The summed E-state index contributed by atoms with van der Waals surface area (Å²) in [5.41, 5.74) is -0.843. The van der Waals surface area contributed by atoms with E-state index in [1.807, 2.05) is 0 Å². The molecule has 2 N–H and O–H groups in total. The highest BCUT2D eigenvalue weighted by Gasteiger charge is 2.28. The fourth-order valence-electron chi connectivity index (χ4n) is 0.796. The van der Waals surface area contributed by atoms with Gasteiger partial charge in [0.25, 0.3) is 0 Å². The van der Waals surface area contributed by atoms with E-state index in [0.717, 1.165) is 0 Å². The van der Waals surface area contributed by atoms with Crippen LogP contribution in [0.5, 0.6) is 0 Å². The number of rotatable bonds is 2. The summed E-state index contributed by atoms with van der Waals surface area (Å²) < 4.78 is 0. The Morgan fingerprint density at radius 1 is 1.50 bits per heavy atom. The van der Waals surface area contributed by atoms with Gasteiger partial charge in [0.05, 0.1) is 13.2 Å². The van der Waals surface area contributed by atoms with E-state index in [9.17, 15) is 0 Å². The number of hydrogen-bond acceptors (Lipinski definition) is 4. The minimum atomic E-state index is -0.843. The zero-order valence-corrected chi connectivity index (χ0v) is 5.78. The van der Waals surface area contributed by atoms with Gasteiger partial charge in [0.15, 0.2) is 0 Å². The van der Waals surface area contributed by atoms with Crippen molar-refractivity contribution in [1.82, 2.24) is 0 Å². The van der Waals surface area contributed by atoms with Gasteiger partial charge in [-0.2, -0.15) is 0 Å². The molecule has 0 aliphatic carbocycles. The first-order chi connectivity index (χ1) is 4.72. The normalized spacial score (nSPS) is 21.3. The zero-order chi connectivity index (χ0) is 7.61. The maximum atomic E-state index is 8.78. The van der Waals surface area contributed by atoms with Gasteiger partial charge in [-0.25, -0.2) is 4.99 Å². The third-order valence-electron chi connectivity index (χ3n) is 1.42. The van der Waals surface area contributed by atoms with E-state index in [2.05, 4.69) is 9.98 Å². The SMILES string of the molecule is CC1=NC(CO)(CO)C=N1. The van der Waals surface area contributed by atoms with Crippen LogP contribution in [-0.4, -0.2) is 41.0 Å². The number of amidine groups is 1. The molecule has 0 unspecified atom stereocenters. The first kappa shape index (κ1) is 7.37. The molecular formula is C6H10N2O2. The van der Waals surface area contributed by atoms with Gasteiger partial charge in [-0.3, -0.25) is 4.99 Å². The van der Waals surface area contributed by atoms with E-state index >= 15 is 0 Å². The Morgan fingerprint density at radius 3 is 2.30 bits per heavy atom. The van der Waals surface area contributed by atoms with Crippen molar-refractivity contribution >= 4 is 12.1 Å². The molecule has 56 valence electrons. The van der Waals surface area contributed by atoms with Crippen molar-refractivity contribution in [1.29, 1.82) is 0 Å². The number of nitrogens with zero attached hydrogens (tertiary/aromatic N) is 2. The predicted octanol–water partition coefficient (Wildman–Crippen LogP) is -0.787. The molecule has 0 saturated heterocycles. The van der Waals surface area contributed by atoms with Crippen LogP contribution >= 0.6 is 0 Å². The molecule has 0 amide bonds. The van der Waals surface area contributed by atoms with Crippen LogP contribution in [0.2, 0.25) is 0 Å². The topological polar surface area (TPSA) is 65.2 Å². The summed E-state index contributed by atoms with van der Waals surface area (Å²) in [6.45, 7) is 1.35. The molecule has 1 aliphatic rings. The largest absolute Gasteiger partial charge is 0.393 e. The molecule has 4 heteroatoms. The average molecular weight is 142 g/mol. The molecule has 1 heterocycles. The second-order valence-electron chi connectivity index (χ2n) is 2.34. The van der Waals surface area contributed by atoms with Gasteiger partial charge in [0.2, 0.25) is 0 Å². The van der Waals surface area contributed by atoms with Gasteiger partial charge in [-0.1, -0.05) is 0 Å². The van der Waals surface area contributed by atoms with Gasteiger partial charge >= 0.3 is 0 Å². The molecule has 0 spiro atoms. The maximum absolute atomic E-state index is 8.78. The number of aliphatic hydroxyl groups is 2. The first-order valence-corrected chi connectivity index (χ1v) is 3.06. The molecule has 0 radical (unpaired) electrons. The summed E-state index contributed by atoms with van der Waals surface area (Å²) >= 11 is 0. The van der Waals surface area contributed by atoms with E-state index in [1.54, 1.807) is 6.92 Å². The van der Waals surface area contributed by atoms with Crippen molar-refractivity contribution in [2.45, 2.75) is 12.5 Å². The average Bonchev–Trinajstić information content (AvgIpc) is 2.33. The van der Waals surface area contributed by atoms with Crippen molar-refractivity contribution < 1.29 is 10.2 Å². The lowest BCUT2D eigenvalue weighted by molar-refractivity contribution is 0.169. The van der Waals surface area contributed by atoms with Gasteiger partial charge in [0, 0.05) is 6.21 Å². The number of aliphatic imine (C=N–C) groups is 2. The van der Waals surface area contributed by atoms with E-state index in [0.29, 0.717) is 5.84 Å². The van der Waals surface area contributed by atoms with Gasteiger partial charge in [-0.05, 0) is 6.92 Å². The highest BCUT2D eigenvalue weighted by Crippen LogP contribution is 2.12. The molecule has 0 aromatic heterocycles. The molecule has 10 heavy (non-hydrogen) atoms. The highest BCUT2D eigenvalue weighted by atomic mass is 16.3. The Hall–Kier alpha value is -0.740. The Labute approximate surface area is 58.9 Å². The van der Waals surface area contributed by atoms with E-state index in [4.69, 9.17) is 10.2 Å². The van der Waals surface area contributed by atoms with Crippen LogP contribution in [0, 0.1) is 0 Å². The van der Waals surface area contributed by atoms with Gasteiger partial charge in [-0.15, -0.1) is 0 Å². The quantitative estimate of drug-likeness (QED) is 0.530. The van der Waals surface area contributed by atoms with Crippen LogP contribution in [0.25, 0.3) is 0 Å². The summed E-state index contributed by atoms with van der Waals surface area (Å²) in [5.74, 6) is 0.600. The number of hydrogen-bond donors (Lipinski definition) is 2. The van der Waals surface area contributed by atoms with Crippen molar-refractivity contribution in [2.75, 3.05) is 13.2 Å².